The Morgan fingerprint density at radius 1 is 1.30 bits per heavy atom. The molecule has 0 saturated heterocycles. The van der Waals surface area contributed by atoms with Gasteiger partial charge in [0, 0.05) is 28.5 Å². The molecule has 0 atom stereocenters. The minimum Gasteiger partial charge on any atom is -0.294 e. The van der Waals surface area contributed by atoms with Gasteiger partial charge in [-0.05, 0) is 25.1 Å². The van der Waals surface area contributed by atoms with Crippen LogP contribution in [0.5, 0.6) is 0 Å². The van der Waals surface area contributed by atoms with Crippen molar-refractivity contribution in [2.45, 2.75) is 13.8 Å². The molecule has 0 unspecified atom stereocenters. The summed E-state index contributed by atoms with van der Waals surface area (Å²) in [5, 5.41) is 1.88. The highest BCUT2D eigenvalue weighted by atomic mass is 79.9. The van der Waals surface area contributed by atoms with Gasteiger partial charge in [-0.1, -0.05) is 22.0 Å². The van der Waals surface area contributed by atoms with E-state index in [4.69, 9.17) is 0 Å². The minimum absolute atomic E-state index is 0.0561. The number of aromatic nitrogens is 2. The Kier molecular flexibility index (Phi) is 3.40. The molecule has 3 nitrogen and oxygen atoms in total. The van der Waals surface area contributed by atoms with E-state index < -0.39 is 0 Å². The van der Waals surface area contributed by atoms with Gasteiger partial charge in [0.2, 0.25) is 0 Å². The molecule has 0 fully saturated rings. The second-order valence-electron chi connectivity index (χ2n) is 4.48. The Balaban J connectivity index is 2.28. The summed E-state index contributed by atoms with van der Waals surface area (Å²) in [7, 11) is 0. The van der Waals surface area contributed by atoms with Gasteiger partial charge in [0.05, 0.1) is 16.1 Å². The molecule has 3 aromatic rings. The van der Waals surface area contributed by atoms with Crippen molar-refractivity contribution in [2.24, 2.45) is 0 Å². The number of carbonyl (C=O) groups excluding carboxylic acids is 1. The number of ketones is 1. The lowest BCUT2D eigenvalue weighted by molar-refractivity contribution is 0.102. The van der Waals surface area contributed by atoms with Crippen LogP contribution in [0.1, 0.15) is 22.3 Å². The van der Waals surface area contributed by atoms with Gasteiger partial charge in [0.15, 0.2) is 5.78 Å². The first kappa shape index (κ1) is 13.4. The fourth-order valence-corrected chi connectivity index (χ4v) is 3.59. The predicted molar refractivity (Wildman–Crippen MR) is 85.3 cm³/mol. The Morgan fingerprint density at radius 2 is 2.10 bits per heavy atom. The zero-order chi connectivity index (χ0) is 14.3. The molecule has 5 heteroatoms. The van der Waals surface area contributed by atoms with Crippen LogP contribution in [0.4, 0.5) is 0 Å². The molecule has 3 rings (SSSR count). The molecule has 0 aliphatic carbocycles. The van der Waals surface area contributed by atoms with E-state index in [0.717, 1.165) is 31.6 Å². The minimum atomic E-state index is 0.0561. The topological polar surface area (TPSA) is 42.9 Å². The van der Waals surface area contributed by atoms with E-state index in [-0.39, 0.29) is 5.78 Å². The highest BCUT2D eigenvalue weighted by molar-refractivity contribution is 9.10. The molecule has 2 aromatic heterocycles. The summed E-state index contributed by atoms with van der Waals surface area (Å²) in [6.07, 6.45) is 1.77. The van der Waals surface area contributed by atoms with Crippen molar-refractivity contribution in [3.05, 3.63) is 45.5 Å². The average Bonchev–Trinajstić information content (AvgIpc) is 2.81. The fourth-order valence-electron chi connectivity index (χ4n) is 2.15. The summed E-state index contributed by atoms with van der Waals surface area (Å²) in [5.74, 6) is 0.0561. The molecule has 100 valence electrons. The van der Waals surface area contributed by atoms with Crippen molar-refractivity contribution in [3.63, 3.8) is 0 Å². The zero-order valence-corrected chi connectivity index (χ0v) is 13.4. The van der Waals surface area contributed by atoms with E-state index in [1.807, 2.05) is 31.2 Å². The first-order valence-electron chi connectivity index (χ1n) is 6.10. The highest BCUT2D eigenvalue weighted by Gasteiger charge is 2.15. The van der Waals surface area contributed by atoms with Crippen LogP contribution in [-0.2, 0) is 0 Å². The number of rotatable bonds is 2. The maximum atomic E-state index is 11.6. The third-order valence-electron chi connectivity index (χ3n) is 3.06. The Labute approximate surface area is 128 Å². The van der Waals surface area contributed by atoms with Crippen molar-refractivity contribution in [1.29, 1.82) is 0 Å². The summed E-state index contributed by atoms with van der Waals surface area (Å²) < 4.78 is 1.00. The monoisotopic (exact) mass is 346 g/mol. The molecule has 0 saturated carbocycles. The van der Waals surface area contributed by atoms with Crippen molar-refractivity contribution >= 4 is 44.0 Å². The molecule has 0 radical (unpaired) electrons. The standard InChI is InChI=1S/C15H11BrN2OS/c1-8-14(9(2)19)20-15(18-8)11-5-6-12(16)10-4-3-7-17-13(10)11/h3-7H,1-2H3. The van der Waals surface area contributed by atoms with E-state index in [1.165, 1.54) is 11.3 Å². The van der Waals surface area contributed by atoms with Crippen molar-refractivity contribution in [1.82, 2.24) is 9.97 Å². The second-order valence-corrected chi connectivity index (χ2v) is 6.34. The molecular formula is C15H11BrN2OS. The molecule has 0 aliphatic rings. The van der Waals surface area contributed by atoms with Crippen LogP contribution in [0, 0.1) is 6.92 Å². The number of carbonyl (C=O) groups is 1. The molecule has 20 heavy (non-hydrogen) atoms. The van der Waals surface area contributed by atoms with Crippen molar-refractivity contribution < 1.29 is 4.79 Å². The van der Waals surface area contributed by atoms with E-state index in [0.29, 0.717) is 4.88 Å². The molecule has 0 bridgehead atoms. The lowest BCUT2D eigenvalue weighted by Crippen LogP contribution is -1.89. The van der Waals surface area contributed by atoms with Crippen LogP contribution in [-0.4, -0.2) is 15.8 Å². The van der Waals surface area contributed by atoms with Crippen LogP contribution in [0.3, 0.4) is 0 Å². The molecule has 0 amide bonds. The largest absolute Gasteiger partial charge is 0.294 e. The molecule has 1 aromatic carbocycles. The first-order chi connectivity index (χ1) is 9.58. The third-order valence-corrected chi connectivity index (χ3v) is 5.05. The predicted octanol–water partition coefficient (Wildman–Crippen LogP) is 4.63. The van der Waals surface area contributed by atoms with Gasteiger partial charge in [-0.2, -0.15) is 0 Å². The first-order valence-corrected chi connectivity index (χ1v) is 7.71. The summed E-state index contributed by atoms with van der Waals surface area (Å²) in [4.78, 5) is 21.3. The van der Waals surface area contributed by atoms with E-state index >= 15 is 0 Å². The van der Waals surface area contributed by atoms with Gasteiger partial charge in [0.25, 0.3) is 0 Å². The third kappa shape index (κ3) is 2.17. The Hall–Kier alpha value is -1.59. The number of halogens is 1. The van der Waals surface area contributed by atoms with Gasteiger partial charge in [-0.3, -0.25) is 9.78 Å². The number of hydrogen-bond donors (Lipinski definition) is 0. The number of thiazole rings is 1. The molecular weight excluding hydrogens is 336 g/mol. The number of fused-ring (bicyclic) bond motifs is 1. The average molecular weight is 347 g/mol. The van der Waals surface area contributed by atoms with Crippen LogP contribution in [0.15, 0.2) is 34.9 Å². The number of hydrogen-bond acceptors (Lipinski definition) is 4. The van der Waals surface area contributed by atoms with Crippen LogP contribution in [0.2, 0.25) is 0 Å². The van der Waals surface area contributed by atoms with Gasteiger partial charge in [-0.15, -0.1) is 11.3 Å². The number of Topliss-reactive ketones (excluding diaryl/α,β-unsaturated/α-hetero) is 1. The van der Waals surface area contributed by atoms with Crippen LogP contribution >= 0.6 is 27.3 Å². The summed E-state index contributed by atoms with van der Waals surface area (Å²) in [6, 6.07) is 7.90. The summed E-state index contributed by atoms with van der Waals surface area (Å²) >= 11 is 4.96. The maximum Gasteiger partial charge on any atom is 0.171 e. The van der Waals surface area contributed by atoms with Gasteiger partial charge >= 0.3 is 0 Å². The van der Waals surface area contributed by atoms with Gasteiger partial charge in [-0.25, -0.2) is 4.98 Å². The Bertz CT molecular complexity index is 826. The quantitative estimate of drug-likeness (QED) is 0.635. The normalized spacial score (nSPS) is 10.9. The SMILES string of the molecule is CC(=O)c1sc(-c2ccc(Br)c3cccnc23)nc1C. The zero-order valence-electron chi connectivity index (χ0n) is 11.0. The second kappa shape index (κ2) is 5.07. The van der Waals surface area contributed by atoms with E-state index in [1.54, 1.807) is 13.1 Å². The fraction of sp³-hybridized carbons (Fsp3) is 0.133. The number of benzene rings is 1. The van der Waals surface area contributed by atoms with Gasteiger partial charge in [0.1, 0.15) is 5.01 Å². The van der Waals surface area contributed by atoms with Gasteiger partial charge < -0.3 is 0 Å². The lowest BCUT2D eigenvalue weighted by atomic mass is 10.1. The maximum absolute atomic E-state index is 11.6. The van der Waals surface area contributed by atoms with Crippen molar-refractivity contribution in [3.8, 4) is 10.6 Å². The lowest BCUT2D eigenvalue weighted by Gasteiger charge is -2.04. The van der Waals surface area contributed by atoms with Crippen LogP contribution < -0.4 is 0 Å². The summed E-state index contributed by atoms with van der Waals surface area (Å²) in [6.45, 7) is 3.44. The van der Waals surface area contributed by atoms with Crippen molar-refractivity contribution in [2.75, 3.05) is 0 Å². The van der Waals surface area contributed by atoms with E-state index in [9.17, 15) is 4.79 Å². The smallest absolute Gasteiger partial charge is 0.171 e. The highest BCUT2D eigenvalue weighted by Crippen LogP contribution is 2.35. The molecule has 0 aliphatic heterocycles. The number of nitrogens with zero attached hydrogens (tertiary/aromatic N) is 2. The number of aryl methyl sites for hydroxylation is 1. The molecule has 0 N–H and O–H groups in total. The molecule has 0 spiro atoms. The molecule has 2 heterocycles. The van der Waals surface area contributed by atoms with Crippen LogP contribution in [0.25, 0.3) is 21.5 Å². The number of pyridine rings is 1. The summed E-state index contributed by atoms with van der Waals surface area (Å²) in [5.41, 5.74) is 2.64. The van der Waals surface area contributed by atoms with E-state index in [2.05, 4.69) is 25.9 Å². The Morgan fingerprint density at radius 3 is 2.80 bits per heavy atom.